The lowest BCUT2D eigenvalue weighted by atomic mass is 9.59. The third-order valence-corrected chi connectivity index (χ3v) is 8.72. The van der Waals surface area contributed by atoms with E-state index in [1.54, 1.807) is 7.11 Å². The van der Waals surface area contributed by atoms with Crippen LogP contribution in [0.5, 0.6) is 0 Å². The van der Waals surface area contributed by atoms with Gasteiger partial charge in [0.25, 0.3) is 0 Å². The molecular weight excluding hydrogens is 429 g/mol. The molecule has 1 saturated carbocycles. The standard InChI is InChI=1S/C27H46BNO5/c1-17(2)9-10-20-26(7,34-20)22-21(31-8)19(11-12-27(22)16-32-27)33-23(30)29-13-18(14-29)24(3,4)15-25(5,6)28/h9,18-22H,10-16,28H2,1-8H3/t19-,20?,21-,22?,26?,27?/m1/s1. The molecule has 0 aromatic rings. The number of ether oxygens (including phenoxy) is 4. The Labute approximate surface area is 207 Å². The summed E-state index contributed by atoms with van der Waals surface area (Å²) in [5.41, 5.74) is 0.991. The van der Waals surface area contributed by atoms with Gasteiger partial charge in [-0.15, -0.1) is 0 Å². The van der Waals surface area contributed by atoms with Gasteiger partial charge in [0, 0.05) is 20.2 Å². The molecule has 4 aliphatic rings. The number of hydrogen-bond acceptors (Lipinski definition) is 5. The SMILES string of the molecule is BC(C)(C)CC(C)(C)C1CN(C(=O)O[C@@H]2CCC3(CO3)C(C3(C)OC3CC=C(C)C)[C@@H]2OC)C1. The lowest BCUT2D eigenvalue weighted by Crippen LogP contribution is -2.59. The van der Waals surface area contributed by atoms with E-state index in [0.29, 0.717) is 5.92 Å². The lowest BCUT2D eigenvalue weighted by Gasteiger charge is -2.50. The Morgan fingerprint density at radius 1 is 1.24 bits per heavy atom. The van der Waals surface area contributed by atoms with Crippen LogP contribution in [-0.4, -0.2) is 75.2 Å². The average Bonchev–Trinajstić information content (AvgIpc) is 3.55. The van der Waals surface area contributed by atoms with E-state index in [1.807, 2.05) is 4.90 Å². The van der Waals surface area contributed by atoms with E-state index in [2.05, 4.69) is 62.4 Å². The molecule has 3 aliphatic heterocycles. The van der Waals surface area contributed by atoms with Gasteiger partial charge in [-0.2, -0.15) is 0 Å². The highest BCUT2D eigenvalue weighted by molar-refractivity contribution is 6.14. The Hall–Kier alpha value is -1.05. The van der Waals surface area contributed by atoms with Crippen LogP contribution in [0.1, 0.15) is 74.1 Å². The van der Waals surface area contributed by atoms with Crippen molar-refractivity contribution in [2.45, 2.75) is 109 Å². The molecule has 0 aromatic carbocycles. The summed E-state index contributed by atoms with van der Waals surface area (Å²) in [5, 5.41) is 0.276. The number of likely N-dealkylation sites (tertiary alicyclic amines) is 1. The molecule has 4 unspecified atom stereocenters. The van der Waals surface area contributed by atoms with Gasteiger partial charge in [-0.25, -0.2) is 4.79 Å². The Kier molecular flexibility index (Phi) is 6.74. The summed E-state index contributed by atoms with van der Waals surface area (Å²) in [6, 6.07) is 0. The zero-order chi connectivity index (χ0) is 25.1. The summed E-state index contributed by atoms with van der Waals surface area (Å²) < 4.78 is 24.4. The van der Waals surface area contributed by atoms with Crippen LogP contribution in [0.15, 0.2) is 11.6 Å². The molecular formula is C27H46BNO5. The second-order valence-electron chi connectivity index (χ2n) is 13.6. The van der Waals surface area contributed by atoms with E-state index in [-0.39, 0.29) is 52.3 Å². The first kappa shape index (κ1) is 26.0. The van der Waals surface area contributed by atoms with Crippen molar-refractivity contribution in [2.75, 3.05) is 26.8 Å². The number of carbonyl (C=O) groups excluding carboxylic acids is 1. The van der Waals surface area contributed by atoms with Crippen LogP contribution in [0.3, 0.4) is 0 Å². The van der Waals surface area contributed by atoms with Crippen LogP contribution in [0.25, 0.3) is 0 Å². The molecule has 0 bridgehead atoms. The fraction of sp³-hybridized carbons (Fsp3) is 0.889. The van der Waals surface area contributed by atoms with Crippen molar-refractivity contribution < 1.29 is 23.7 Å². The van der Waals surface area contributed by atoms with Gasteiger partial charge < -0.3 is 23.8 Å². The maximum Gasteiger partial charge on any atom is 0.410 e. The zero-order valence-electron chi connectivity index (χ0n) is 22.9. The van der Waals surface area contributed by atoms with Gasteiger partial charge in [0.1, 0.15) is 31.3 Å². The smallest absolute Gasteiger partial charge is 0.410 e. The zero-order valence-corrected chi connectivity index (χ0v) is 22.9. The number of amides is 1. The quantitative estimate of drug-likeness (QED) is 0.296. The Balaban J connectivity index is 1.38. The molecule has 7 heteroatoms. The molecule has 0 radical (unpaired) electrons. The summed E-state index contributed by atoms with van der Waals surface area (Å²) in [7, 11) is 4.01. The van der Waals surface area contributed by atoms with E-state index in [4.69, 9.17) is 18.9 Å². The van der Waals surface area contributed by atoms with E-state index in [1.165, 1.54) is 5.57 Å². The largest absolute Gasteiger partial charge is 0.443 e. The first-order valence-corrected chi connectivity index (χ1v) is 13.1. The van der Waals surface area contributed by atoms with Gasteiger partial charge in [-0.05, 0) is 57.8 Å². The lowest BCUT2D eigenvalue weighted by molar-refractivity contribution is -0.126. The van der Waals surface area contributed by atoms with E-state index < -0.39 is 0 Å². The van der Waals surface area contributed by atoms with Gasteiger partial charge in [0.2, 0.25) is 0 Å². The predicted octanol–water partition coefficient (Wildman–Crippen LogP) is 4.38. The van der Waals surface area contributed by atoms with E-state index in [0.717, 1.165) is 45.4 Å². The number of rotatable bonds is 8. The highest BCUT2D eigenvalue weighted by Crippen LogP contribution is 2.59. The fourth-order valence-electron chi connectivity index (χ4n) is 6.91. The number of hydrogen-bond donors (Lipinski definition) is 0. The predicted molar refractivity (Wildman–Crippen MR) is 136 cm³/mol. The minimum absolute atomic E-state index is 0.0574. The first-order chi connectivity index (χ1) is 15.7. The van der Waals surface area contributed by atoms with Crippen LogP contribution >= 0.6 is 0 Å². The normalized spacial score (nSPS) is 37.8. The summed E-state index contributed by atoms with van der Waals surface area (Å²) in [6.07, 6.45) is 5.36. The number of allylic oxidation sites excluding steroid dienone is 1. The highest BCUT2D eigenvalue weighted by atomic mass is 16.6. The molecule has 4 rings (SSSR count). The second-order valence-corrected chi connectivity index (χ2v) is 13.6. The van der Waals surface area contributed by atoms with Gasteiger partial charge in [-0.1, -0.05) is 44.7 Å². The second kappa shape index (κ2) is 8.81. The Morgan fingerprint density at radius 2 is 1.88 bits per heavy atom. The molecule has 0 aromatic heterocycles. The molecule has 1 spiro atoms. The van der Waals surface area contributed by atoms with E-state index >= 15 is 0 Å². The number of epoxide rings is 2. The molecule has 6 atom stereocenters. The summed E-state index contributed by atoms with van der Waals surface area (Å²) in [5.74, 6) is 0.566. The van der Waals surface area contributed by atoms with Crippen molar-refractivity contribution in [3.63, 3.8) is 0 Å². The molecule has 3 heterocycles. The topological polar surface area (TPSA) is 63.8 Å². The molecule has 3 saturated heterocycles. The van der Waals surface area contributed by atoms with Crippen LogP contribution in [0, 0.1) is 17.3 Å². The van der Waals surface area contributed by atoms with Gasteiger partial charge in [-0.3, -0.25) is 0 Å². The average molecular weight is 475 g/mol. The third kappa shape index (κ3) is 5.08. The first-order valence-electron chi connectivity index (χ1n) is 13.1. The highest BCUT2D eigenvalue weighted by Gasteiger charge is 2.72. The van der Waals surface area contributed by atoms with Crippen molar-refractivity contribution >= 4 is 13.9 Å². The molecule has 6 nitrogen and oxygen atoms in total. The number of carbonyl (C=O) groups is 1. The molecule has 192 valence electrons. The van der Waals surface area contributed by atoms with Crippen LogP contribution in [0.4, 0.5) is 4.79 Å². The number of methoxy groups -OCH3 is 1. The maximum atomic E-state index is 13.1. The minimum atomic E-state index is -0.312. The Bertz CT molecular complexity index is 806. The van der Waals surface area contributed by atoms with Crippen molar-refractivity contribution in [1.82, 2.24) is 4.90 Å². The molecule has 1 amide bonds. The minimum Gasteiger partial charge on any atom is -0.443 e. The van der Waals surface area contributed by atoms with Crippen molar-refractivity contribution in [3.8, 4) is 0 Å². The molecule has 34 heavy (non-hydrogen) atoms. The molecule has 1 aliphatic carbocycles. The summed E-state index contributed by atoms with van der Waals surface area (Å²) in [4.78, 5) is 14.9. The molecule has 4 fully saturated rings. The van der Waals surface area contributed by atoms with Crippen LogP contribution < -0.4 is 0 Å². The Morgan fingerprint density at radius 3 is 2.41 bits per heavy atom. The van der Waals surface area contributed by atoms with Gasteiger partial charge in [0.05, 0.1) is 18.6 Å². The fourth-order valence-corrected chi connectivity index (χ4v) is 6.91. The van der Waals surface area contributed by atoms with Crippen molar-refractivity contribution in [2.24, 2.45) is 17.3 Å². The van der Waals surface area contributed by atoms with Crippen LogP contribution in [-0.2, 0) is 18.9 Å². The monoisotopic (exact) mass is 475 g/mol. The van der Waals surface area contributed by atoms with E-state index in [9.17, 15) is 4.79 Å². The third-order valence-electron chi connectivity index (χ3n) is 8.72. The van der Waals surface area contributed by atoms with Gasteiger partial charge >= 0.3 is 6.09 Å². The van der Waals surface area contributed by atoms with Crippen molar-refractivity contribution in [3.05, 3.63) is 11.6 Å². The number of nitrogens with zero attached hydrogens (tertiary/aromatic N) is 1. The van der Waals surface area contributed by atoms with Crippen LogP contribution in [0.2, 0.25) is 5.31 Å². The summed E-state index contributed by atoms with van der Waals surface area (Å²) in [6.45, 7) is 17.9. The van der Waals surface area contributed by atoms with Crippen molar-refractivity contribution in [1.29, 1.82) is 0 Å². The summed E-state index contributed by atoms with van der Waals surface area (Å²) >= 11 is 0. The maximum absolute atomic E-state index is 13.1. The molecule has 0 N–H and O–H groups in total. The van der Waals surface area contributed by atoms with Gasteiger partial charge in [0.15, 0.2) is 0 Å².